The van der Waals surface area contributed by atoms with E-state index >= 15 is 0 Å². The van der Waals surface area contributed by atoms with Crippen molar-refractivity contribution >= 4 is 27.7 Å². The zero-order chi connectivity index (χ0) is 22.1. The number of nitrogens with one attached hydrogen (secondary N) is 1. The van der Waals surface area contributed by atoms with E-state index in [0.717, 1.165) is 10.6 Å². The van der Waals surface area contributed by atoms with Crippen LogP contribution >= 0.6 is 11.8 Å². The summed E-state index contributed by atoms with van der Waals surface area (Å²) < 4.78 is 45.2. The van der Waals surface area contributed by atoms with Crippen LogP contribution in [0.4, 0.5) is 4.39 Å². The molecule has 0 atom stereocenters. The minimum atomic E-state index is -3.76. The molecule has 2 aromatic carbocycles. The van der Waals surface area contributed by atoms with Gasteiger partial charge in [0.25, 0.3) is 5.91 Å². The number of ether oxygens (including phenoxy) is 1. The molecule has 30 heavy (non-hydrogen) atoms. The van der Waals surface area contributed by atoms with Crippen LogP contribution in [0, 0.1) is 5.82 Å². The van der Waals surface area contributed by atoms with Crippen molar-refractivity contribution in [3.05, 3.63) is 53.8 Å². The predicted octanol–water partition coefficient (Wildman–Crippen LogP) is 3.78. The third kappa shape index (κ3) is 6.20. The number of methoxy groups -OCH3 is 1. The van der Waals surface area contributed by atoms with Crippen LogP contribution in [-0.2, 0) is 10.0 Å². The Bertz CT molecular complexity index is 946. The first-order valence-corrected chi connectivity index (χ1v) is 12.1. The van der Waals surface area contributed by atoms with Crippen molar-refractivity contribution in [3.8, 4) is 5.75 Å². The summed E-state index contributed by atoms with van der Waals surface area (Å²) in [6.45, 7) is 4.60. The van der Waals surface area contributed by atoms with Crippen molar-refractivity contribution < 1.29 is 22.3 Å². The van der Waals surface area contributed by atoms with Crippen molar-refractivity contribution in [3.63, 3.8) is 0 Å². The summed E-state index contributed by atoms with van der Waals surface area (Å²) in [6, 6.07) is 10.7. The minimum absolute atomic E-state index is 0.0202. The van der Waals surface area contributed by atoms with Crippen molar-refractivity contribution in [2.45, 2.75) is 30.1 Å². The van der Waals surface area contributed by atoms with Crippen molar-refractivity contribution in [1.29, 1.82) is 0 Å². The second kappa shape index (κ2) is 11.3. The van der Waals surface area contributed by atoms with Gasteiger partial charge >= 0.3 is 0 Å². The molecule has 0 unspecified atom stereocenters. The number of rotatable bonds is 11. The molecule has 164 valence electrons. The molecule has 0 fully saturated rings. The second-order valence-corrected chi connectivity index (χ2v) is 9.44. The van der Waals surface area contributed by atoms with E-state index in [1.54, 1.807) is 43.8 Å². The van der Waals surface area contributed by atoms with Crippen LogP contribution in [0.25, 0.3) is 0 Å². The van der Waals surface area contributed by atoms with Gasteiger partial charge in [0, 0.05) is 30.1 Å². The lowest BCUT2D eigenvalue weighted by Gasteiger charge is -2.20. The smallest absolute Gasteiger partial charge is 0.251 e. The summed E-state index contributed by atoms with van der Waals surface area (Å²) >= 11 is 1.58. The average molecular weight is 455 g/mol. The normalized spacial score (nSPS) is 11.5. The van der Waals surface area contributed by atoms with Gasteiger partial charge in [-0.2, -0.15) is 4.31 Å². The van der Waals surface area contributed by atoms with Gasteiger partial charge in [0.15, 0.2) is 0 Å². The highest BCUT2D eigenvalue weighted by atomic mass is 32.2. The molecule has 0 saturated carbocycles. The molecule has 2 rings (SSSR count). The van der Waals surface area contributed by atoms with Crippen LogP contribution in [0.2, 0.25) is 0 Å². The van der Waals surface area contributed by atoms with Crippen LogP contribution in [0.15, 0.2) is 52.3 Å². The van der Waals surface area contributed by atoms with Crippen molar-refractivity contribution in [2.75, 3.05) is 32.5 Å². The van der Waals surface area contributed by atoms with E-state index in [1.165, 1.54) is 35.7 Å². The van der Waals surface area contributed by atoms with Crippen LogP contribution in [-0.4, -0.2) is 51.1 Å². The zero-order valence-corrected chi connectivity index (χ0v) is 19.0. The molecule has 0 saturated heterocycles. The van der Waals surface area contributed by atoms with E-state index in [1.807, 2.05) is 0 Å². The van der Waals surface area contributed by atoms with Gasteiger partial charge in [-0.05, 0) is 54.6 Å². The molecular formula is C21H27FN2O4S2. The fraction of sp³-hybridized carbons (Fsp3) is 0.381. The van der Waals surface area contributed by atoms with Crippen LogP contribution in [0.5, 0.6) is 5.75 Å². The minimum Gasteiger partial charge on any atom is -0.495 e. The highest BCUT2D eigenvalue weighted by molar-refractivity contribution is 7.99. The molecule has 0 aliphatic rings. The summed E-state index contributed by atoms with van der Waals surface area (Å²) in [4.78, 5) is 13.4. The fourth-order valence-electron chi connectivity index (χ4n) is 2.82. The monoisotopic (exact) mass is 454 g/mol. The Balaban J connectivity index is 1.99. The van der Waals surface area contributed by atoms with Gasteiger partial charge < -0.3 is 10.1 Å². The number of thioether (sulfide) groups is 1. The van der Waals surface area contributed by atoms with E-state index in [4.69, 9.17) is 4.74 Å². The first-order chi connectivity index (χ1) is 14.3. The third-order valence-corrected chi connectivity index (χ3v) is 7.61. The number of hydrogen-bond donors (Lipinski definition) is 1. The van der Waals surface area contributed by atoms with E-state index in [-0.39, 0.29) is 27.9 Å². The van der Waals surface area contributed by atoms with E-state index < -0.39 is 10.0 Å². The number of sulfonamides is 1. The van der Waals surface area contributed by atoms with Gasteiger partial charge in [0.05, 0.1) is 7.11 Å². The Hall–Kier alpha value is -2.10. The topological polar surface area (TPSA) is 75.7 Å². The number of carbonyl (C=O) groups excluding carboxylic acids is 1. The molecule has 1 amide bonds. The lowest BCUT2D eigenvalue weighted by Crippen LogP contribution is -2.31. The average Bonchev–Trinajstić information content (AvgIpc) is 2.74. The molecule has 0 spiro atoms. The Morgan fingerprint density at radius 1 is 1.13 bits per heavy atom. The first kappa shape index (κ1) is 24.2. The van der Waals surface area contributed by atoms with Gasteiger partial charge in [-0.15, -0.1) is 11.8 Å². The van der Waals surface area contributed by atoms with E-state index in [0.29, 0.717) is 26.1 Å². The van der Waals surface area contributed by atoms with Gasteiger partial charge in [-0.1, -0.05) is 13.8 Å². The maximum Gasteiger partial charge on any atom is 0.251 e. The van der Waals surface area contributed by atoms with Crippen LogP contribution in [0.1, 0.15) is 30.6 Å². The number of hydrogen-bond acceptors (Lipinski definition) is 5. The summed E-state index contributed by atoms with van der Waals surface area (Å²) in [5, 5.41) is 2.81. The second-order valence-electron chi connectivity index (χ2n) is 6.37. The lowest BCUT2D eigenvalue weighted by atomic mass is 10.2. The summed E-state index contributed by atoms with van der Waals surface area (Å²) in [5.74, 6) is 0.346. The predicted molar refractivity (Wildman–Crippen MR) is 117 cm³/mol. The maximum atomic E-state index is 12.9. The van der Waals surface area contributed by atoms with E-state index in [9.17, 15) is 17.6 Å². The Labute approximate surface area is 181 Å². The summed E-state index contributed by atoms with van der Waals surface area (Å²) in [6.07, 6.45) is 0.717. The molecule has 6 nitrogen and oxygen atoms in total. The zero-order valence-electron chi connectivity index (χ0n) is 17.4. The first-order valence-electron chi connectivity index (χ1n) is 9.68. The number of halogens is 1. The van der Waals surface area contributed by atoms with Gasteiger partial charge in [-0.25, -0.2) is 12.8 Å². The molecular weight excluding hydrogens is 427 g/mol. The summed E-state index contributed by atoms with van der Waals surface area (Å²) in [7, 11) is -2.37. The highest BCUT2D eigenvalue weighted by Crippen LogP contribution is 2.28. The molecule has 0 heterocycles. The molecule has 9 heteroatoms. The molecule has 1 N–H and O–H groups in total. The Morgan fingerprint density at radius 3 is 2.40 bits per heavy atom. The summed E-state index contributed by atoms with van der Waals surface area (Å²) in [5.41, 5.74) is 0.257. The van der Waals surface area contributed by atoms with Gasteiger partial charge in [0.1, 0.15) is 16.5 Å². The molecule has 0 aliphatic heterocycles. The lowest BCUT2D eigenvalue weighted by molar-refractivity contribution is 0.0953. The third-order valence-electron chi connectivity index (χ3n) is 4.44. The number of amides is 1. The number of carbonyl (C=O) groups is 1. The Morgan fingerprint density at radius 2 is 1.80 bits per heavy atom. The van der Waals surface area contributed by atoms with Gasteiger partial charge in [0.2, 0.25) is 10.0 Å². The van der Waals surface area contributed by atoms with Crippen LogP contribution in [0.3, 0.4) is 0 Å². The maximum absolute atomic E-state index is 12.9. The molecule has 0 aromatic heterocycles. The SMILES string of the molecule is CCN(CC)S(=O)(=O)c1cc(C(=O)NCCCSc2ccc(F)cc2)ccc1OC. The molecule has 0 bridgehead atoms. The molecule has 2 aromatic rings. The highest BCUT2D eigenvalue weighted by Gasteiger charge is 2.26. The van der Waals surface area contributed by atoms with E-state index in [2.05, 4.69) is 5.32 Å². The van der Waals surface area contributed by atoms with Crippen LogP contribution < -0.4 is 10.1 Å². The quantitative estimate of drug-likeness (QED) is 0.413. The number of benzene rings is 2. The largest absolute Gasteiger partial charge is 0.495 e. The number of nitrogens with zero attached hydrogens (tertiary/aromatic N) is 1. The fourth-order valence-corrected chi connectivity index (χ4v) is 5.31. The molecule has 0 radical (unpaired) electrons. The van der Waals surface area contributed by atoms with Crippen molar-refractivity contribution in [2.24, 2.45) is 0 Å². The van der Waals surface area contributed by atoms with Gasteiger partial charge in [-0.3, -0.25) is 4.79 Å². The van der Waals surface area contributed by atoms with Crippen molar-refractivity contribution in [1.82, 2.24) is 9.62 Å². The Kier molecular flexibility index (Phi) is 9.13. The standard InChI is InChI=1S/C21H27FN2O4S2/c1-4-24(5-2)30(26,27)20-15-16(7-12-19(20)28-3)21(25)23-13-6-14-29-18-10-8-17(22)9-11-18/h7-12,15H,4-6,13-14H2,1-3H3,(H,23,25). The molecule has 0 aliphatic carbocycles.